The van der Waals surface area contributed by atoms with E-state index in [0.29, 0.717) is 0 Å². The highest BCUT2D eigenvalue weighted by Gasteiger charge is 2.48. The van der Waals surface area contributed by atoms with E-state index in [1.54, 1.807) is 4.90 Å². The van der Waals surface area contributed by atoms with Crippen LogP contribution in [0.25, 0.3) is 0 Å². The van der Waals surface area contributed by atoms with Gasteiger partial charge >= 0.3 is 6.09 Å². The lowest BCUT2D eigenvalue weighted by atomic mass is 9.83. The Morgan fingerprint density at radius 2 is 1.73 bits per heavy atom. The van der Waals surface area contributed by atoms with Crippen molar-refractivity contribution in [1.82, 2.24) is 4.90 Å². The summed E-state index contributed by atoms with van der Waals surface area (Å²) in [5, 5.41) is 0. The Balaban J connectivity index is 2.32. The van der Waals surface area contributed by atoms with Crippen LogP contribution in [-0.2, 0) is 9.53 Å². The molecule has 15 heavy (non-hydrogen) atoms. The van der Waals surface area contributed by atoms with Crippen molar-refractivity contribution in [3.05, 3.63) is 12.2 Å². The third-order valence-electron chi connectivity index (χ3n) is 3.46. The van der Waals surface area contributed by atoms with Crippen LogP contribution in [0.1, 0.15) is 13.8 Å². The van der Waals surface area contributed by atoms with Gasteiger partial charge in [0.1, 0.15) is 5.78 Å². The van der Waals surface area contributed by atoms with Crippen LogP contribution in [0.5, 0.6) is 0 Å². The maximum atomic E-state index is 11.8. The van der Waals surface area contributed by atoms with Crippen molar-refractivity contribution in [1.29, 1.82) is 0 Å². The molecule has 4 nitrogen and oxygen atoms in total. The molecule has 4 heteroatoms. The van der Waals surface area contributed by atoms with Gasteiger partial charge in [0.15, 0.2) is 0 Å². The molecule has 1 saturated heterocycles. The van der Waals surface area contributed by atoms with E-state index in [1.807, 2.05) is 26.0 Å². The average molecular weight is 209 g/mol. The first-order chi connectivity index (χ1) is 7.07. The van der Waals surface area contributed by atoms with E-state index < -0.39 is 0 Å². The van der Waals surface area contributed by atoms with Crippen molar-refractivity contribution in [2.45, 2.75) is 25.9 Å². The summed E-state index contributed by atoms with van der Waals surface area (Å²) in [5.41, 5.74) is 0. The predicted octanol–water partition coefficient (Wildman–Crippen LogP) is 1.22. The normalized spacial score (nSPS) is 38.3. The number of ketones is 1. The molecule has 1 amide bonds. The number of piperidine rings is 1. The van der Waals surface area contributed by atoms with E-state index in [4.69, 9.17) is 4.74 Å². The number of amides is 1. The monoisotopic (exact) mass is 209 g/mol. The second kappa shape index (κ2) is 3.36. The molecule has 0 N–H and O–H groups in total. The first-order valence-electron chi connectivity index (χ1n) is 5.16. The number of Topliss-reactive ketones (excluding diaryl/α,β-unsaturated/α-hetero) is 1. The Labute approximate surface area is 88.9 Å². The van der Waals surface area contributed by atoms with E-state index >= 15 is 0 Å². The van der Waals surface area contributed by atoms with Gasteiger partial charge in [0.2, 0.25) is 0 Å². The fourth-order valence-electron chi connectivity index (χ4n) is 2.53. The molecule has 0 saturated carbocycles. The van der Waals surface area contributed by atoms with Gasteiger partial charge in [-0.1, -0.05) is 26.0 Å². The molecule has 0 aromatic heterocycles. The number of carbonyl (C=O) groups is 2. The standard InChI is InChI=1S/C11H15NO3/c1-6-8-4-5-9(7(2)10(6)13)12(8)11(14)15-3/h4-9H,1-3H3/t6-,7-,8-,9+/m0/s1. The van der Waals surface area contributed by atoms with E-state index in [1.165, 1.54) is 7.11 Å². The minimum Gasteiger partial charge on any atom is -0.453 e. The van der Waals surface area contributed by atoms with Crippen molar-refractivity contribution in [2.24, 2.45) is 11.8 Å². The number of fused-ring (bicyclic) bond motifs is 2. The third kappa shape index (κ3) is 1.28. The SMILES string of the molecule is COC(=O)N1[C@@H]2C=C[C@H]1[C@H](C)C(=O)[C@H]2C. The minimum absolute atomic E-state index is 0.119. The molecule has 0 unspecified atom stereocenters. The fourth-order valence-corrected chi connectivity index (χ4v) is 2.53. The summed E-state index contributed by atoms with van der Waals surface area (Å²) in [7, 11) is 1.37. The zero-order valence-electron chi connectivity index (χ0n) is 9.14. The summed E-state index contributed by atoms with van der Waals surface area (Å²) >= 11 is 0. The van der Waals surface area contributed by atoms with Crippen LogP contribution in [0.4, 0.5) is 4.79 Å². The van der Waals surface area contributed by atoms with Crippen LogP contribution in [0, 0.1) is 11.8 Å². The molecule has 2 heterocycles. The Hall–Kier alpha value is -1.32. The summed E-state index contributed by atoms with van der Waals surface area (Å²) in [4.78, 5) is 25.1. The summed E-state index contributed by atoms with van der Waals surface area (Å²) in [5.74, 6) is -0.0293. The van der Waals surface area contributed by atoms with Crippen LogP contribution < -0.4 is 0 Å². The average Bonchev–Trinajstić information content (AvgIpc) is 2.64. The molecule has 0 aromatic rings. The largest absolute Gasteiger partial charge is 0.453 e. The fraction of sp³-hybridized carbons (Fsp3) is 0.636. The minimum atomic E-state index is -0.346. The zero-order valence-corrected chi connectivity index (χ0v) is 9.14. The lowest BCUT2D eigenvalue weighted by Crippen LogP contribution is -2.55. The van der Waals surface area contributed by atoms with E-state index in [-0.39, 0.29) is 35.8 Å². The van der Waals surface area contributed by atoms with Crippen LogP contribution >= 0.6 is 0 Å². The summed E-state index contributed by atoms with van der Waals surface area (Å²) < 4.78 is 4.74. The quantitative estimate of drug-likeness (QED) is 0.563. The number of hydrogen-bond donors (Lipinski definition) is 0. The smallest absolute Gasteiger partial charge is 0.410 e. The number of nitrogens with zero attached hydrogens (tertiary/aromatic N) is 1. The Kier molecular flexibility index (Phi) is 2.29. The highest BCUT2D eigenvalue weighted by Crippen LogP contribution is 2.35. The van der Waals surface area contributed by atoms with Crippen molar-refractivity contribution in [3.8, 4) is 0 Å². The van der Waals surface area contributed by atoms with Crippen molar-refractivity contribution < 1.29 is 14.3 Å². The van der Waals surface area contributed by atoms with Gasteiger partial charge in [0.05, 0.1) is 19.2 Å². The summed E-state index contributed by atoms with van der Waals surface area (Å²) in [6.07, 6.45) is 3.53. The van der Waals surface area contributed by atoms with Crippen LogP contribution in [-0.4, -0.2) is 36.0 Å². The number of carbonyl (C=O) groups excluding carboxylic acids is 2. The van der Waals surface area contributed by atoms with Gasteiger partial charge in [-0.3, -0.25) is 9.69 Å². The molecule has 2 bridgehead atoms. The summed E-state index contributed by atoms with van der Waals surface area (Å²) in [6.45, 7) is 3.73. The highest BCUT2D eigenvalue weighted by atomic mass is 16.5. The first kappa shape index (κ1) is 10.2. The number of methoxy groups -OCH3 is 1. The molecular formula is C11H15NO3. The third-order valence-corrected chi connectivity index (χ3v) is 3.46. The molecule has 82 valence electrons. The molecule has 2 rings (SSSR count). The van der Waals surface area contributed by atoms with Gasteiger partial charge in [-0.25, -0.2) is 4.79 Å². The maximum absolute atomic E-state index is 11.8. The van der Waals surface area contributed by atoms with Crippen molar-refractivity contribution in [3.63, 3.8) is 0 Å². The van der Waals surface area contributed by atoms with E-state index in [9.17, 15) is 9.59 Å². The van der Waals surface area contributed by atoms with Gasteiger partial charge in [-0.05, 0) is 0 Å². The number of rotatable bonds is 0. The van der Waals surface area contributed by atoms with Crippen LogP contribution in [0.3, 0.4) is 0 Å². The van der Waals surface area contributed by atoms with E-state index in [0.717, 1.165) is 0 Å². The van der Waals surface area contributed by atoms with Gasteiger partial charge in [-0.15, -0.1) is 0 Å². The molecular weight excluding hydrogens is 194 g/mol. The maximum Gasteiger partial charge on any atom is 0.410 e. The molecule has 4 atom stereocenters. The van der Waals surface area contributed by atoms with Crippen molar-refractivity contribution in [2.75, 3.05) is 7.11 Å². The first-order valence-corrected chi connectivity index (χ1v) is 5.16. The second-order valence-corrected chi connectivity index (χ2v) is 4.22. The molecule has 0 spiro atoms. The van der Waals surface area contributed by atoms with Crippen LogP contribution in [0.15, 0.2) is 12.2 Å². The van der Waals surface area contributed by atoms with Crippen LogP contribution in [0.2, 0.25) is 0 Å². The molecule has 1 fully saturated rings. The lowest BCUT2D eigenvalue weighted by molar-refractivity contribution is -0.132. The Morgan fingerprint density at radius 1 is 1.27 bits per heavy atom. The molecule has 0 radical (unpaired) electrons. The topological polar surface area (TPSA) is 46.6 Å². The number of hydrogen-bond acceptors (Lipinski definition) is 3. The molecule has 0 aromatic carbocycles. The Bertz CT molecular complexity index is 315. The van der Waals surface area contributed by atoms with Gasteiger partial charge in [0, 0.05) is 11.8 Å². The molecule has 2 aliphatic heterocycles. The number of ether oxygens (including phenoxy) is 1. The Morgan fingerprint density at radius 3 is 2.13 bits per heavy atom. The predicted molar refractivity (Wildman–Crippen MR) is 54.3 cm³/mol. The van der Waals surface area contributed by atoms with Crippen molar-refractivity contribution >= 4 is 11.9 Å². The summed E-state index contributed by atoms with van der Waals surface area (Å²) in [6, 6.07) is -0.239. The van der Waals surface area contributed by atoms with Gasteiger partial charge in [-0.2, -0.15) is 0 Å². The second-order valence-electron chi connectivity index (χ2n) is 4.22. The molecule has 0 aliphatic carbocycles. The van der Waals surface area contributed by atoms with E-state index in [2.05, 4.69) is 0 Å². The lowest BCUT2D eigenvalue weighted by Gasteiger charge is -2.40. The zero-order chi connectivity index (χ0) is 11.2. The molecule has 2 aliphatic rings. The van der Waals surface area contributed by atoms with Gasteiger partial charge < -0.3 is 4.74 Å². The van der Waals surface area contributed by atoms with Gasteiger partial charge in [0.25, 0.3) is 0 Å². The highest BCUT2D eigenvalue weighted by molar-refractivity contribution is 5.88.